The van der Waals surface area contributed by atoms with Crippen molar-refractivity contribution in [1.29, 1.82) is 0 Å². The van der Waals surface area contributed by atoms with Gasteiger partial charge in [-0.25, -0.2) is 0 Å². The van der Waals surface area contributed by atoms with Gasteiger partial charge >= 0.3 is 5.97 Å². The van der Waals surface area contributed by atoms with Gasteiger partial charge in [0.05, 0.1) is 9.80 Å². The normalized spacial score (nSPS) is 21.7. The molecule has 0 aromatic heterocycles. The van der Waals surface area contributed by atoms with Gasteiger partial charge in [-0.05, 0) is 30.2 Å². The van der Waals surface area contributed by atoms with Crippen LogP contribution in [-0.4, -0.2) is 37.0 Å². The Labute approximate surface area is 132 Å². The fourth-order valence-corrected chi connectivity index (χ4v) is 3.25. The second-order valence-electron chi connectivity index (χ2n) is 4.89. The molecule has 1 aromatic carbocycles. The van der Waals surface area contributed by atoms with Crippen LogP contribution in [-0.2, 0) is 30.4 Å². The van der Waals surface area contributed by atoms with Crippen LogP contribution in [0.25, 0.3) is 0 Å². The minimum atomic E-state index is -4.44. The van der Waals surface area contributed by atoms with Gasteiger partial charge in [-0.1, -0.05) is 24.3 Å². The maximum Gasteiger partial charge on any atom is 0.318 e. The van der Waals surface area contributed by atoms with E-state index in [1.54, 1.807) is 0 Å². The number of carboxylic acid groups (broad SMARTS) is 1. The van der Waals surface area contributed by atoms with E-state index >= 15 is 0 Å². The number of carboxylic acids is 1. The first-order valence-electron chi connectivity index (χ1n) is 6.15. The van der Waals surface area contributed by atoms with Crippen LogP contribution >= 0.6 is 0 Å². The lowest BCUT2D eigenvalue weighted by Gasteiger charge is -2.28. The third-order valence-electron chi connectivity index (χ3n) is 3.50. The second kappa shape index (κ2) is 5.57. The molecule has 124 valence electrons. The van der Waals surface area contributed by atoms with Gasteiger partial charge in [0, 0.05) is 0 Å². The van der Waals surface area contributed by atoms with Crippen molar-refractivity contribution >= 4 is 26.2 Å². The maximum absolute atomic E-state index is 11.7. The summed E-state index contributed by atoms with van der Waals surface area (Å²) in [6.45, 7) is 0. The molecule has 2 rings (SSSR count). The van der Waals surface area contributed by atoms with E-state index in [9.17, 15) is 26.7 Å². The first kappa shape index (κ1) is 17.3. The molecule has 0 saturated heterocycles. The molecule has 0 spiro atoms. The van der Waals surface area contributed by atoms with Gasteiger partial charge in [0.1, 0.15) is 5.41 Å². The molecule has 10 heteroatoms. The average molecular weight is 360 g/mol. The number of allylic oxidation sites excluding steroid dienone is 2. The van der Waals surface area contributed by atoms with E-state index in [0.29, 0.717) is 0 Å². The largest absolute Gasteiger partial charge is 0.480 e. The van der Waals surface area contributed by atoms with Gasteiger partial charge in [-0.3, -0.25) is 13.9 Å². The van der Waals surface area contributed by atoms with Crippen LogP contribution in [0.4, 0.5) is 0 Å². The Hall–Kier alpha value is -2.01. The molecule has 23 heavy (non-hydrogen) atoms. The fourth-order valence-electron chi connectivity index (χ4n) is 2.23. The molecule has 1 atom stereocenters. The van der Waals surface area contributed by atoms with Crippen molar-refractivity contribution in [2.75, 3.05) is 0 Å². The van der Waals surface area contributed by atoms with E-state index in [0.717, 1.165) is 30.4 Å². The summed E-state index contributed by atoms with van der Waals surface area (Å²) in [5, 5.41) is 9.50. The van der Waals surface area contributed by atoms with Gasteiger partial charge in [0.2, 0.25) is 0 Å². The van der Waals surface area contributed by atoms with Crippen LogP contribution in [0, 0.1) is 0 Å². The smallest absolute Gasteiger partial charge is 0.318 e. The lowest BCUT2D eigenvalue weighted by atomic mass is 9.75. The highest BCUT2D eigenvalue weighted by molar-refractivity contribution is 7.90. The zero-order chi connectivity index (χ0) is 17.5. The molecule has 0 radical (unpaired) electrons. The van der Waals surface area contributed by atoms with Crippen molar-refractivity contribution in [3.63, 3.8) is 0 Å². The summed E-state index contributed by atoms with van der Waals surface area (Å²) in [5.41, 5.74) is -1.41. The summed E-state index contributed by atoms with van der Waals surface area (Å²) in [6.07, 6.45) is 2.91. The van der Waals surface area contributed by atoms with Crippen molar-refractivity contribution in [2.24, 2.45) is 0 Å². The van der Waals surface area contributed by atoms with Crippen LogP contribution in [0.3, 0.4) is 0 Å². The van der Waals surface area contributed by atoms with Crippen LogP contribution in [0.1, 0.15) is 12.0 Å². The third kappa shape index (κ3) is 3.34. The molecule has 0 amide bonds. The van der Waals surface area contributed by atoms with Crippen LogP contribution < -0.4 is 0 Å². The number of rotatable bonds is 4. The van der Waals surface area contributed by atoms with E-state index in [1.807, 2.05) is 0 Å². The third-order valence-corrected chi connectivity index (χ3v) is 5.27. The standard InChI is InChI=1S/C13H12O8S2/c14-12(15)13(7-5-11(6-8-13)23(19,20)21)9-1-3-10(4-2-9)22(16,17)18/h1-7H,8H2,(H,14,15)(H,16,17,18)(H,19,20,21). The molecule has 0 aliphatic heterocycles. The zero-order valence-corrected chi connectivity index (χ0v) is 13.1. The lowest BCUT2D eigenvalue weighted by molar-refractivity contribution is -0.141. The minimum Gasteiger partial charge on any atom is -0.480 e. The van der Waals surface area contributed by atoms with E-state index in [4.69, 9.17) is 9.11 Å². The monoisotopic (exact) mass is 360 g/mol. The number of benzene rings is 1. The second-order valence-corrected chi connectivity index (χ2v) is 7.74. The predicted octanol–water partition coefficient (Wildman–Crippen LogP) is 0.987. The summed E-state index contributed by atoms with van der Waals surface area (Å²) in [6, 6.07) is 4.53. The average Bonchev–Trinajstić information content (AvgIpc) is 2.45. The molecule has 0 saturated carbocycles. The van der Waals surface area contributed by atoms with Gasteiger partial charge in [-0.15, -0.1) is 0 Å². The molecule has 0 heterocycles. The van der Waals surface area contributed by atoms with Crippen molar-refractivity contribution < 1.29 is 35.8 Å². The van der Waals surface area contributed by atoms with E-state index in [1.165, 1.54) is 12.1 Å². The first-order valence-corrected chi connectivity index (χ1v) is 9.03. The Morgan fingerprint density at radius 2 is 1.57 bits per heavy atom. The molecule has 1 aliphatic carbocycles. The van der Waals surface area contributed by atoms with E-state index in [2.05, 4.69) is 0 Å². The molecule has 0 fully saturated rings. The van der Waals surface area contributed by atoms with Crippen molar-refractivity contribution in [2.45, 2.75) is 16.7 Å². The summed E-state index contributed by atoms with van der Waals surface area (Å²) in [7, 11) is -8.85. The van der Waals surface area contributed by atoms with Gasteiger partial charge in [0.25, 0.3) is 20.2 Å². The maximum atomic E-state index is 11.7. The first-order chi connectivity index (χ1) is 10.5. The highest BCUT2D eigenvalue weighted by Gasteiger charge is 2.39. The number of hydrogen-bond donors (Lipinski definition) is 3. The summed E-state index contributed by atoms with van der Waals surface area (Å²) < 4.78 is 62.0. The Morgan fingerprint density at radius 1 is 1.00 bits per heavy atom. The Kier molecular flexibility index (Phi) is 4.20. The SMILES string of the molecule is O=C(O)C1(c2ccc(S(=O)(=O)O)cc2)C=CC(S(=O)(=O)O)=CC1. The molecular weight excluding hydrogens is 348 g/mol. The molecule has 3 N–H and O–H groups in total. The highest BCUT2D eigenvalue weighted by Crippen LogP contribution is 2.36. The van der Waals surface area contributed by atoms with Crippen LogP contribution in [0.15, 0.2) is 52.3 Å². The summed E-state index contributed by atoms with van der Waals surface area (Å²) in [5.74, 6) is -1.28. The summed E-state index contributed by atoms with van der Waals surface area (Å²) in [4.78, 5) is 10.8. The topological polar surface area (TPSA) is 146 Å². The van der Waals surface area contributed by atoms with E-state index < -0.39 is 41.4 Å². The number of carbonyl (C=O) groups is 1. The van der Waals surface area contributed by atoms with Gasteiger partial charge in [0.15, 0.2) is 0 Å². The molecule has 1 unspecified atom stereocenters. The molecule has 0 bridgehead atoms. The van der Waals surface area contributed by atoms with Crippen molar-refractivity contribution in [3.8, 4) is 0 Å². The quantitative estimate of drug-likeness (QED) is 0.674. The van der Waals surface area contributed by atoms with Crippen molar-refractivity contribution in [3.05, 3.63) is 53.0 Å². The predicted molar refractivity (Wildman–Crippen MR) is 79.0 cm³/mol. The van der Waals surface area contributed by atoms with Crippen LogP contribution in [0.2, 0.25) is 0 Å². The van der Waals surface area contributed by atoms with Gasteiger partial charge in [-0.2, -0.15) is 16.8 Å². The minimum absolute atomic E-state index is 0.194. The number of aliphatic carboxylic acids is 1. The van der Waals surface area contributed by atoms with Crippen molar-refractivity contribution in [1.82, 2.24) is 0 Å². The highest BCUT2D eigenvalue weighted by atomic mass is 32.2. The van der Waals surface area contributed by atoms with Crippen LogP contribution in [0.5, 0.6) is 0 Å². The Bertz CT molecular complexity index is 907. The molecule has 1 aliphatic rings. The van der Waals surface area contributed by atoms with E-state index in [-0.39, 0.29) is 12.0 Å². The van der Waals surface area contributed by atoms with Gasteiger partial charge < -0.3 is 5.11 Å². The Balaban J connectivity index is 2.48. The molecule has 1 aromatic rings. The summed E-state index contributed by atoms with van der Waals surface area (Å²) >= 11 is 0. The fraction of sp³-hybridized carbons (Fsp3) is 0.154. The molecule has 8 nitrogen and oxygen atoms in total. The lowest BCUT2D eigenvalue weighted by Crippen LogP contribution is -2.35. The molecular formula is C13H12O8S2. The Morgan fingerprint density at radius 3 is 1.91 bits per heavy atom. The zero-order valence-electron chi connectivity index (χ0n) is 11.4. The number of hydrogen-bond acceptors (Lipinski definition) is 5.